The zero-order chi connectivity index (χ0) is 17.4. The molecule has 1 N–H and O–H groups in total. The number of likely N-dealkylation sites (tertiary alicyclic amines) is 1. The van der Waals surface area contributed by atoms with Crippen LogP contribution < -0.4 is 4.90 Å². The van der Waals surface area contributed by atoms with Crippen LogP contribution in [0.1, 0.15) is 44.9 Å². The van der Waals surface area contributed by atoms with Crippen LogP contribution in [0.3, 0.4) is 0 Å². The zero-order valence-corrected chi connectivity index (χ0v) is 14.4. The molecule has 0 unspecified atom stereocenters. The highest BCUT2D eigenvalue weighted by atomic mass is 19.1. The minimum Gasteiger partial charge on any atom is -0.393 e. The standard InChI is InChI=1S/C18H25FN4O2/c19-15-6-9-20-17(21-15)22-10-1-7-18(12-22)8-11-23(16(18)25)13-2-4-14(24)5-3-13/h6,9,13-14,24H,1-5,7-8,10-12H2/t13?,14?,18-/m1/s1. The molecular formula is C18H25FN4O2. The van der Waals surface area contributed by atoms with Gasteiger partial charge in [-0.2, -0.15) is 9.37 Å². The fourth-order valence-corrected chi connectivity index (χ4v) is 4.73. The van der Waals surface area contributed by atoms with Crippen LogP contribution in [0.4, 0.5) is 10.3 Å². The van der Waals surface area contributed by atoms with Crippen molar-refractivity contribution in [1.29, 1.82) is 0 Å². The van der Waals surface area contributed by atoms with Crippen LogP contribution in [0.2, 0.25) is 0 Å². The van der Waals surface area contributed by atoms with E-state index in [1.807, 2.05) is 9.80 Å². The summed E-state index contributed by atoms with van der Waals surface area (Å²) in [5.74, 6) is 0.0749. The highest BCUT2D eigenvalue weighted by Gasteiger charge is 2.50. The number of aliphatic hydroxyl groups is 1. The first-order valence-electron chi connectivity index (χ1n) is 9.30. The SMILES string of the molecule is O=C1N(C2CCC(O)CC2)CC[C@@]12CCCN(c1nccc(F)n1)C2. The summed E-state index contributed by atoms with van der Waals surface area (Å²) in [6.45, 7) is 2.12. The Hall–Kier alpha value is -1.76. The Morgan fingerprint density at radius 1 is 1.20 bits per heavy atom. The van der Waals surface area contributed by atoms with Crippen molar-refractivity contribution in [3.8, 4) is 0 Å². The third-order valence-corrected chi connectivity index (χ3v) is 6.12. The van der Waals surface area contributed by atoms with Crippen LogP contribution >= 0.6 is 0 Å². The van der Waals surface area contributed by atoms with E-state index < -0.39 is 5.95 Å². The second-order valence-corrected chi connectivity index (χ2v) is 7.70. The van der Waals surface area contributed by atoms with Gasteiger partial charge in [-0.25, -0.2) is 4.98 Å². The van der Waals surface area contributed by atoms with E-state index in [1.54, 1.807) is 0 Å². The van der Waals surface area contributed by atoms with E-state index in [1.165, 1.54) is 12.3 Å². The predicted octanol–water partition coefficient (Wildman–Crippen LogP) is 1.74. The molecule has 0 aromatic carbocycles. The Balaban J connectivity index is 1.49. The number of carbonyl (C=O) groups is 1. The molecule has 136 valence electrons. The normalized spacial score (nSPS) is 33.3. The maximum absolute atomic E-state index is 13.4. The van der Waals surface area contributed by atoms with Gasteiger partial charge < -0.3 is 14.9 Å². The van der Waals surface area contributed by atoms with Crippen molar-refractivity contribution in [2.24, 2.45) is 5.41 Å². The predicted molar refractivity (Wildman–Crippen MR) is 90.5 cm³/mol. The molecule has 3 heterocycles. The van der Waals surface area contributed by atoms with E-state index in [0.29, 0.717) is 12.5 Å². The van der Waals surface area contributed by atoms with Crippen molar-refractivity contribution >= 4 is 11.9 Å². The maximum Gasteiger partial charge on any atom is 0.230 e. The fourth-order valence-electron chi connectivity index (χ4n) is 4.73. The molecule has 1 amide bonds. The average molecular weight is 348 g/mol. The number of nitrogens with zero attached hydrogens (tertiary/aromatic N) is 4. The lowest BCUT2D eigenvalue weighted by molar-refractivity contribution is -0.139. The number of aromatic nitrogens is 2. The molecule has 3 aliphatic rings. The first-order chi connectivity index (χ1) is 12.1. The summed E-state index contributed by atoms with van der Waals surface area (Å²) in [5, 5.41) is 9.71. The molecule has 25 heavy (non-hydrogen) atoms. The molecule has 0 bridgehead atoms. The molecule has 1 aliphatic carbocycles. The summed E-state index contributed by atoms with van der Waals surface area (Å²) in [6, 6.07) is 1.50. The third kappa shape index (κ3) is 3.10. The van der Waals surface area contributed by atoms with E-state index in [4.69, 9.17) is 0 Å². The first-order valence-corrected chi connectivity index (χ1v) is 9.30. The molecule has 7 heteroatoms. The third-order valence-electron chi connectivity index (χ3n) is 6.12. The summed E-state index contributed by atoms with van der Waals surface area (Å²) in [7, 11) is 0. The summed E-state index contributed by atoms with van der Waals surface area (Å²) in [4.78, 5) is 25.3. The minimum atomic E-state index is -0.537. The molecular weight excluding hydrogens is 323 g/mol. The van der Waals surface area contributed by atoms with E-state index in [9.17, 15) is 14.3 Å². The van der Waals surface area contributed by atoms with Gasteiger partial charge in [0.2, 0.25) is 17.8 Å². The second-order valence-electron chi connectivity index (χ2n) is 7.70. The summed E-state index contributed by atoms with van der Waals surface area (Å²) in [5.41, 5.74) is -0.385. The summed E-state index contributed by atoms with van der Waals surface area (Å²) >= 11 is 0. The van der Waals surface area contributed by atoms with Crippen molar-refractivity contribution in [3.63, 3.8) is 0 Å². The number of aliphatic hydroxyl groups excluding tert-OH is 1. The number of hydrogen-bond acceptors (Lipinski definition) is 5. The lowest BCUT2D eigenvalue weighted by Crippen LogP contribution is -2.50. The maximum atomic E-state index is 13.4. The van der Waals surface area contributed by atoms with Gasteiger partial charge >= 0.3 is 0 Å². The Bertz CT molecular complexity index is 650. The average Bonchev–Trinajstić information content (AvgIpc) is 2.92. The van der Waals surface area contributed by atoms with Gasteiger partial charge in [-0.05, 0) is 44.9 Å². The van der Waals surface area contributed by atoms with Gasteiger partial charge in [0, 0.05) is 37.9 Å². The van der Waals surface area contributed by atoms with Crippen LogP contribution in [-0.4, -0.2) is 57.7 Å². The van der Waals surface area contributed by atoms with E-state index in [-0.39, 0.29) is 23.5 Å². The molecule has 1 saturated carbocycles. The Labute approximate surface area is 147 Å². The van der Waals surface area contributed by atoms with Crippen molar-refractivity contribution in [2.75, 3.05) is 24.5 Å². The number of anilines is 1. The van der Waals surface area contributed by atoms with Gasteiger partial charge in [-0.15, -0.1) is 0 Å². The molecule has 2 aliphatic heterocycles. The monoisotopic (exact) mass is 348 g/mol. The molecule has 1 atom stereocenters. The van der Waals surface area contributed by atoms with Gasteiger partial charge in [0.1, 0.15) is 0 Å². The molecule has 2 saturated heterocycles. The Kier molecular flexibility index (Phi) is 4.35. The highest BCUT2D eigenvalue weighted by Crippen LogP contribution is 2.43. The second kappa shape index (κ2) is 6.52. The van der Waals surface area contributed by atoms with Gasteiger partial charge in [0.05, 0.1) is 11.5 Å². The topological polar surface area (TPSA) is 69.6 Å². The number of halogens is 1. The van der Waals surface area contributed by atoms with E-state index in [2.05, 4.69) is 9.97 Å². The zero-order valence-electron chi connectivity index (χ0n) is 14.4. The van der Waals surface area contributed by atoms with Gasteiger partial charge in [-0.3, -0.25) is 4.79 Å². The Morgan fingerprint density at radius 3 is 2.76 bits per heavy atom. The fraction of sp³-hybridized carbons (Fsp3) is 0.722. The molecule has 4 rings (SSSR count). The van der Waals surface area contributed by atoms with Crippen LogP contribution in [0.15, 0.2) is 12.3 Å². The van der Waals surface area contributed by atoms with Gasteiger partial charge in [0.15, 0.2) is 0 Å². The molecule has 1 aromatic rings. The Morgan fingerprint density at radius 2 is 2.00 bits per heavy atom. The summed E-state index contributed by atoms with van der Waals surface area (Å²) in [6.07, 6.45) is 7.17. The highest BCUT2D eigenvalue weighted by molar-refractivity contribution is 5.86. The van der Waals surface area contributed by atoms with Crippen LogP contribution in [0, 0.1) is 11.4 Å². The van der Waals surface area contributed by atoms with Gasteiger partial charge in [0.25, 0.3) is 0 Å². The number of carbonyl (C=O) groups excluding carboxylic acids is 1. The van der Waals surface area contributed by atoms with Gasteiger partial charge in [-0.1, -0.05) is 0 Å². The molecule has 3 fully saturated rings. The lowest BCUT2D eigenvalue weighted by atomic mass is 9.78. The van der Waals surface area contributed by atoms with Crippen molar-refractivity contribution in [3.05, 3.63) is 18.2 Å². The van der Waals surface area contributed by atoms with Crippen molar-refractivity contribution in [1.82, 2.24) is 14.9 Å². The largest absolute Gasteiger partial charge is 0.393 e. The van der Waals surface area contributed by atoms with Crippen LogP contribution in [-0.2, 0) is 4.79 Å². The van der Waals surface area contributed by atoms with Crippen molar-refractivity contribution in [2.45, 2.75) is 57.1 Å². The first kappa shape index (κ1) is 16.7. The van der Waals surface area contributed by atoms with Crippen LogP contribution in [0.5, 0.6) is 0 Å². The number of hydrogen-bond donors (Lipinski definition) is 1. The summed E-state index contributed by atoms with van der Waals surface area (Å²) < 4.78 is 13.4. The molecule has 6 nitrogen and oxygen atoms in total. The number of rotatable bonds is 2. The molecule has 1 spiro atoms. The molecule has 1 aromatic heterocycles. The van der Waals surface area contributed by atoms with Crippen LogP contribution in [0.25, 0.3) is 0 Å². The lowest BCUT2D eigenvalue weighted by Gasteiger charge is -2.40. The van der Waals surface area contributed by atoms with E-state index >= 15 is 0 Å². The van der Waals surface area contributed by atoms with Crippen molar-refractivity contribution < 1.29 is 14.3 Å². The molecule has 0 radical (unpaired) electrons. The quantitative estimate of drug-likeness (QED) is 0.825. The smallest absolute Gasteiger partial charge is 0.230 e. The number of piperidine rings is 1. The number of amides is 1. The van der Waals surface area contributed by atoms with E-state index in [0.717, 1.165) is 58.0 Å². The minimum absolute atomic E-state index is 0.210.